The predicted molar refractivity (Wildman–Crippen MR) is 66.2 cm³/mol. The zero-order chi connectivity index (χ0) is 12.4. The minimum Gasteiger partial charge on any atom is -0.393 e. The van der Waals surface area contributed by atoms with Crippen LogP contribution in [0.3, 0.4) is 0 Å². The first kappa shape index (κ1) is 12.1. The summed E-state index contributed by atoms with van der Waals surface area (Å²) in [5.74, 6) is 0.754. The van der Waals surface area contributed by atoms with Gasteiger partial charge in [0.2, 0.25) is 0 Å². The Hall–Kier alpha value is -1.36. The van der Waals surface area contributed by atoms with Crippen LogP contribution in [-0.2, 0) is 6.54 Å². The van der Waals surface area contributed by atoms with Crippen molar-refractivity contribution < 1.29 is 5.11 Å². The molecule has 94 valence electrons. The van der Waals surface area contributed by atoms with Gasteiger partial charge in [0.1, 0.15) is 0 Å². The fourth-order valence-electron chi connectivity index (χ4n) is 2.28. The van der Waals surface area contributed by atoms with Crippen LogP contribution in [0.2, 0.25) is 0 Å². The Morgan fingerprint density at radius 3 is 3.00 bits per heavy atom. The fourth-order valence-corrected chi connectivity index (χ4v) is 2.28. The third-order valence-corrected chi connectivity index (χ3v) is 3.44. The van der Waals surface area contributed by atoms with Crippen LogP contribution in [0, 0.1) is 5.92 Å². The molecule has 1 aromatic heterocycles. The minimum atomic E-state index is -0.322. The second-order valence-electron chi connectivity index (χ2n) is 4.58. The lowest BCUT2D eigenvalue weighted by Crippen LogP contribution is -2.32. The second kappa shape index (κ2) is 4.87. The molecular weight excluding hydrogens is 218 g/mol. The molecule has 0 radical (unpaired) electrons. The molecule has 5 heteroatoms. The van der Waals surface area contributed by atoms with Crippen LogP contribution in [0.1, 0.15) is 20.3 Å². The Kier molecular flexibility index (Phi) is 3.47. The maximum absolute atomic E-state index is 12.1. The van der Waals surface area contributed by atoms with Gasteiger partial charge in [-0.05, 0) is 20.3 Å². The summed E-state index contributed by atoms with van der Waals surface area (Å²) in [6, 6.07) is 0. The van der Waals surface area contributed by atoms with E-state index in [4.69, 9.17) is 0 Å². The first-order valence-corrected chi connectivity index (χ1v) is 6.12. The molecule has 1 aromatic rings. The summed E-state index contributed by atoms with van der Waals surface area (Å²) >= 11 is 0. The van der Waals surface area contributed by atoms with Crippen molar-refractivity contribution in [2.75, 3.05) is 18.0 Å². The number of aliphatic hydroxyl groups is 1. The number of aliphatic hydroxyl groups excluding tert-OH is 1. The quantitative estimate of drug-likeness (QED) is 0.830. The summed E-state index contributed by atoms with van der Waals surface area (Å²) in [5.41, 5.74) is -0.0405. The van der Waals surface area contributed by atoms with Gasteiger partial charge in [0.25, 0.3) is 5.56 Å². The van der Waals surface area contributed by atoms with Crippen LogP contribution in [0.5, 0.6) is 0 Å². The van der Waals surface area contributed by atoms with Crippen LogP contribution >= 0.6 is 0 Å². The Morgan fingerprint density at radius 1 is 1.65 bits per heavy atom. The molecule has 0 bridgehead atoms. The van der Waals surface area contributed by atoms with E-state index in [9.17, 15) is 9.90 Å². The third-order valence-electron chi connectivity index (χ3n) is 3.44. The molecular formula is C12H19N3O2. The van der Waals surface area contributed by atoms with Crippen LogP contribution in [0.15, 0.2) is 17.2 Å². The molecule has 0 aromatic carbocycles. The van der Waals surface area contributed by atoms with Crippen molar-refractivity contribution in [2.24, 2.45) is 5.92 Å². The molecule has 0 spiro atoms. The average molecular weight is 237 g/mol. The van der Waals surface area contributed by atoms with Crippen molar-refractivity contribution >= 4 is 5.82 Å². The first-order valence-electron chi connectivity index (χ1n) is 6.12. The van der Waals surface area contributed by atoms with Gasteiger partial charge in [-0.3, -0.25) is 4.79 Å². The summed E-state index contributed by atoms with van der Waals surface area (Å²) in [4.78, 5) is 18.2. The van der Waals surface area contributed by atoms with E-state index in [0.29, 0.717) is 18.9 Å². The molecule has 2 heterocycles. The van der Waals surface area contributed by atoms with Gasteiger partial charge in [-0.2, -0.15) is 0 Å². The zero-order valence-corrected chi connectivity index (χ0v) is 10.3. The monoisotopic (exact) mass is 237 g/mol. The molecule has 2 unspecified atom stereocenters. The topological polar surface area (TPSA) is 58.4 Å². The Bertz CT molecular complexity index is 442. The van der Waals surface area contributed by atoms with Gasteiger partial charge in [-0.1, -0.05) is 0 Å². The van der Waals surface area contributed by atoms with Gasteiger partial charge >= 0.3 is 0 Å². The molecule has 2 atom stereocenters. The Morgan fingerprint density at radius 2 is 2.41 bits per heavy atom. The van der Waals surface area contributed by atoms with Crippen molar-refractivity contribution in [3.05, 3.63) is 22.7 Å². The van der Waals surface area contributed by atoms with Gasteiger partial charge in [0.05, 0.1) is 6.10 Å². The van der Waals surface area contributed by atoms with E-state index in [2.05, 4.69) is 4.98 Å². The van der Waals surface area contributed by atoms with Crippen LogP contribution in [-0.4, -0.2) is 33.9 Å². The third kappa shape index (κ3) is 2.34. The predicted octanol–water partition coefficient (Wildman–Crippen LogP) is 0.470. The van der Waals surface area contributed by atoms with E-state index in [-0.39, 0.29) is 17.6 Å². The highest BCUT2D eigenvalue weighted by atomic mass is 16.3. The number of nitrogens with zero attached hydrogens (tertiary/aromatic N) is 3. The largest absolute Gasteiger partial charge is 0.393 e. The minimum absolute atomic E-state index is 0.0405. The summed E-state index contributed by atoms with van der Waals surface area (Å²) in [5, 5.41) is 9.56. The van der Waals surface area contributed by atoms with Crippen molar-refractivity contribution in [1.82, 2.24) is 9.55 Å². The molecule has 1 aliphatic heterocycles. The van der Waals surface area contributed by atoms with Crippen molar-refractivity contribution in [2.45, 2.75) is 32.9 Å². The Labute approximate surface area is 101 Å². The summed E-state index contributed by atoms with van der Waals surface area (Å²) in [6.45, 7) is 5.91. The molecule has 1 N–H and O–H groups in total. The first-order chi connectivity index (χ1) is 8.13. The van der Waals surface area contributed by atoms with Gasteiger partial charge < -0.3 is 14.6 Å². The number of anilines is 1. The lowest BCUT2D eigenvalue weighted by Gasteiger charge is -2.18. The molecule has 0 aliphatic carbocycles. The number of hydrogen-bond acceptors (Lipinski definition) is 4. The highest BCUT2D eigenvalue weighted by molar-refractivity contribution is 5.37. The molecule has 17 heavy (non-hydrogen) atoms. The van der Waals surface area contributed by atoms with Crippen molar-refractivity contribution in [3.8, 4) is 0 Å². The summed E-state index contributed by atoms with van der Waals surface area (Å²) in [7, 11) is 0. The van der Waals surface area contributed by atoms with Gasteiger partial charge in [-0.15, -0.1) is 0 Å². The van der Waals surface area contributed by atoms with E-state index in [0.717, 1.165) is 13.0 Å². The highest BCUT2D eigenvalue weighted by Gasteiger charge is 2.28. The fraction of sp³-hybridized carbons (Fsp3) is 0.667. The SMILES string of the molecule is CCn1ccnc(N2CCC(C(C)O)C2)c1=O. The van der Waals surface area contributed by atoms with Crippen LogP contribution < -0.4 is 10.5 Å². The highest BCUT2D eigenvalue weighted by Crippen LogP contribution is 2.22. The van der Waals surface area contributed by atoms with E-state index in [1.807, 2.05) is 11.8 Å². The second-order valence-corrected chi connectivity index (χ2v) is 4.58. The number of hydrogen-bond donors (Lipinski definition) is 1. The molecule has 1 fully saturated rings. The molecule has 0 amide bonds. The van der Waals surface area contributed by atoms with Gasteiger partial charge in [0, 0.05) is 37.9 Å². The lowest BCUT2D eigenvalue weighted by molar-refractivity contribution is 0.136. The molecule has 1 aliphatic rings. The van der Waals surface area contributed by atoms with Crippen molar-refractivity contribution in [3.63, 3.8) is 0 Å². The standard InChI is InChI=1S/C12H19N3O2/c1-3-14-7-5-13-11(12(14)17)15-6-4-10(8-15)9(2)16/h5,7,9-10,16H,3-4,6,8H2,1-2H3. The lowest BCUT2D eigenvalue weighted by atomic mass is 10.0. The van der Waals surface area contributed by atoms with Crippen molar-refractivity contribution in [1.29, 1.82) is 0 Å². The summed E-state index contributed by atoms with van der Waals surface area (Å²) < 4.78 is 1.65. The smallest absolute Gasteiger partial charge is 0.293 e. The van der Waals surface area contributed by atoms with E-state index in [1.54, 1.807) is 23.9 Å². The maximum Gasteiger partial charge on any atom is 0.293 e. The molecule has 5 nitrogen and oxygen atoms in total. The number of aryl methyl sites for hydroxylation is 1. The zero-order valence-electron chi connectivity index (χ0n) is 10.3. The average Bonchev–Trinajstić information content (AvgIpc) is 2.78. The van der Waals surface area contributed by atoms with E-state index in [1.165, 1.54) is 0 Å². The van der Waals surface area contributed by atoms with Crippen LogP contribution in [0.25, 0.3) is 0 Å². The maximum atomic E-state index is 12.1. The van der Waals surface area contributed by atoms with E-state index < -0.39 is 0 Å². The summed E-state index contributed by atoms with van der Waals surface area (Å²) in [6.07, 6.45) is 3.96. The molecule has 1 saturated heterocycles. The van der Waals surface area contributed by atoms with Crippen LogP contribution in [0.4, 0.5) is 5.82 Å². The van der Waals surface area contributed by atoms with Gasteiger partial charge in [-0.25, -0.2) is 4.98 Å². The van der Waals surface area contributed by atoms with E-state index >= 15 is 0 Å². The molecule has 0 saturated carbocycles. The molecule has 2 rings (SSSR count). The number of rotatable bonds is 3. The number of aromatic nitrogens is 2. The Balaban J connectivity index is 2.22. The normalized spacial score (nSPS) is 21.8. The van der Waals surface area contributed by atoms with Gasteiger partial charge in [0.15, 0.2) is 5.82 Å².